The van der Waals surface area contributed by atoms with Gasteiger partial charge in [0.1, 0.15) is 12.4 Å². The van der Waals surface area contributed by atoms with Crippen LogP contribution in [0.25, 0.3) is 0 Å². The van der Waals surface area contributed by atoms with Gasteiger partial charge in [0, 0.05) is 17.3 Å². The number of imidazole rings is 1. The van der Waals surface area contributed by atoms with Gasteiger partial charge in [0.2, 0.25) is 0 Å². The van der Waals surface area contributed by atoms with E-state index in [1.165, 1.54) is 22.0 Å². The van der Waals surface area contributed by atoms with Gasteiger partial charge in [-0.15, -0.1) is 11.3 Å². The molecule has 1 amide bonds. The van der Waals surface area contributed by atoms with Crippen molar-refractivity contribution in [3.8, 4) is 0 Å². The van der Waals surface area contributed by atoms with Crippen LogP contribution >= 0.6 is 11.3 Å². The molecule has 0 fully saturated rings. The molecule has 0 bridgehead atoms. The summed E-state index contributed by atoms with van der Waals surface area (Å²) in [6.45, 7) is 5.60. The van der Waals surface area contributed by atoms with Crippen molar-refractivity contribution < 1.29 is 14.3 Å². The molecule has 0 aliphatic carbocycles. The highest BCUT2D eigenvalue weighted by Gasteiger charge is 2.33. The van der Waals surface area contributed by atoms with Gasteiger partial charge in [-0.3, -0.25) is 4.57 Å². The van der Waals surface area contributed by atoms with Gasteiger partial charge in [-0.25, -0.2) is 14.6 Å². The Morgan fingerprint density at radius 1 is 1.45 bits per heavy atom. The molecule has 0 aliphatic heterocycles. The van der Waals surface area contributed by atoms with Crippen LogP contribution in [0, 0.1) is 0 Å². The van der Waals surface area contributed by atoms with Gasteiger partial charge in [0.25, 0.3) is 0 Å². The fraction of sp³-hybridized carbons (Fsp3) is 0.400. The van der Waals surface area contributed by atoms with Crippen LogP contribution in [0.5, 0.6) is 0 Å². The van der Waals surface area contributed by atoms with Gasteiger partial charge in [-0.05, 0) is 32.2 Å². The Hall–Kier alpha value is -2.15. The largest absolute Gasteiger partial charge is 0.464 e. The van der Waals surface area contributed by atoms with Gasteiger partial charge < -0.3 is 9.64 Å². The van der Waals surface area contributed by atoms with E-state index in [0.29, 0.717) is 0 Å². The smallest absolute Gasteiger partial charge is 0.330 e. The molecule has 0 saturated heterocycles. The lowest BCUT2D eigenvalue weighted by Crippen LogP contribution is -2.46. The first-order valence-electron chi connectivity index (χ1n) is 7.07. The Morgan fingerprint density at radius 2 is 2.23 bits per heavy atom. The van der Waals surface area contributed by atoms with Gasteiger partial charge in [0.15, 0.2) is 0 Å². The van der Waals surface area contributed by atoms with Crippen molar-refractivity contribution in [3.63, 3.8) is 0 Å². The van der Waals surface area contributed by atoms with E-state index in [1.807, 2.05) is 24.4 Å². The minimum atomic E-state index is -0.688. The monoisotopic (exact) mass is 321 g/mol. The molecule has 2 aromatic rings. The average molecular weight is 321 g/mol. The summed E-state index contributed by atoms with van der Waals surface area (Å²) in [4.78, 5) is 31.2. The van der Waals surface area contributed by atoms with E-state index >= 15 is 0 Å². The zero-order chi connectivity index (χ0) is 16.1. The zero-order valence-electron chi connectivity index (χ0n) is 12.8. The van der Waals surface area contributed by atoms with E-state index < -0.39 is 12.0 Å². The van der Waals surface area contributed by atoms with Crippen LogP contribution in [0.15, 0.2) is 36.2 Å². The van der Waals surface area contributed by atoms with Crippen LogP contribution in [0.2, 0.25) is 0 Å². The summed E-state index contributed by atoms with van der Waals surface area (Å²) in [6, 6.07) is 2.63. The van der Waals surface area contributed by atoms with Crippen molar-refractivity contribution in [1.29, 1.82) is 0 Å². The maximum absolute atomic E-state index is 12.7. The molecule has 7 heteroatoms. The van der Waals surface area contributed by atoms with Crippen molar-refractivity contribution in [2.24, 2.45) is 0 Å². The summed E-state index contributed by atoms with van der Waals surface area (Å²) in [7, 11) is 0. The van der Waals surface area contributed by atoms with E-state index in [9.17, 15) is 9.59 Å². The van der Waals surface area contributed by atoms with Crippen molar-refractivity contribution in [3.05, 3.63) is 41.1 Å². The molecule has 2 aromatic heterocycles. The molecular formula is C15H19N3O3S. The molecule has 2 rings (SSSR count). The Bertz CT molecular complexity index is 610. The number of aromatic nitrogens is 2. The summed E-state index contributed by atoms with van der Waals surface area (Å²) >= 11 is 1.55. The molecule has 6 nitrogen and oxygen atoms in total. The van der Waals surface area contributed by atoms with E-state index in [2.05, 4.69) is 4.98 Å². The minimum absolute atomic E-state index is 0.241. The van der Waals surface area contributed by atoms with Crippen molar-refractivity contribution >= 4 is 23.3 Å². The predicted molar refractivity (Wildman–Crippen MR) is 83.7 cm³/mol. The van der Waals surface area contributed by atoms with Crippen LogP contribution in [-0.4, -0.2) is 39.1 Å². The average Bonchev–Trinajstić information content (AvgIpc) is 3.20. The number of ether oxygens (including phenoxy) is 1. The van der Waals surface area contributed by atoms with E-state index in [4.69, 9.17) is 4.74 Å². The lowest BCUT2D eigenvalue weighted by atomic mass is 10.2. The molecule has 2 atom stereocenters. The maximum atomic E-state index is 12.7. The van der Waals surface area contributed by atoms with Gasteiger partial charge in [-0.2, -0.15) is 0 Å². The molecule has 0 aliphatic rings. The second-order valence-electron chi connectivity index (χ2n) is 4.78. The number of nitrogens with zero attached hydrogens (tertiary/aromatic N) is 3. The molecule has 2 unspecified atom stereocenters. The third kappa shape index (κ3) is 3.36. The first-order valence-corrected chi connectivity index (χ1v) is 7.94. The second kappa shape index (κ2) is 7.22. The molecule has 0 N–H and O–H groups in total. The number of carbonyl (C=O) groups excluding carboxylic acids is 2. The lowest BCUT2D eigenvalue weighted by Gasteiger charge is -2.32. The standard InChI is InChI=1S/C15H19N3O3S/c1-4-21-14(19)12(3)18(11(2)13-6-5-9-22-13)15(20)17-8-7-16-10-17/h5-12H,4H2,1-3H3. The van der Waals surface area contributed by atoms with Crippen LogP contribution in [-0.2, 0) is 9.53 Å². The fourth-order valence-electron chi connectivity index (χ4n) is 2.21. The van der Waals surface area contributed by atoms with E-state index in [1.54, 1.807) is 31.4 Å². The summed E-state index contributed by atoms with van der Waals surface area (Å²) < 4.78 is 6.43. The lowest BCUT2D eigenvalue weighted by molar-refractivity contribution is -0.148. The number of hydrogen-bond acceptors (Lipinski definition) is 5. The molecule has 0 saturated carbocycles. The maximum Gasteiger partial charge on any atom is 0.330 e. The van der Waals surface area contributed by atoms with Crippen molar-refractivity contribution in [2.75, 3.05) is 6.61 Å². The molecular weight excluding hydrogens is 302 g/mol. The van der Waals surface area contributed by atoms with Gasteiger partial charge in [-0.1, -0.05) is 6.07 Å². The fourth-order valence-corrected chi connectivity index (χ4v) is 3.00. The first kappa shape index (κ1) is 16.2. The number of rotatable bonds is 5. The second-order valence-corrected chi connectivity index (χ2v) is 5.76. The summed E-state index contributed by atoms with van der Waals surface area (Å²) in [5.74, 6) is -0.417. The Morgan fingerprint density at radius 3 is 2.77 bits per heavy atom. The van der Waals surface area contributed by atoms with Crippen LogP contribution in [0.3, 0.4) is 0 Å². The van der Waals surface area contributed by atoms with Crippen LogP contribution in [0.4, 0.5) is 4.79 Å². The number of carbonyl (C=O) groups is 2. The third-order valence-electron chi connectivity index (χ3n) is 3.36. The number of amides is 1. The molecule has 0 aromatic carbocycles. The van der Waals surface area contributed by atoms with Crippen molar-refractivity contribution in [1.82, 2.24) is 14.5 Å². The minimum Gasteiger partial charge on any atom is -0.464 e. The normalized spacial score (nSPS) is 13.4. The first-order chi connectivity index (χ1) is 10.6. The van der Waals surface area contributed by atoms with Crippen molar-refractivity contribution in [2.45, 2.75) is 32.9 Å². The summed E-state index contributed by atoms with van der Waals surface area (Å²) in [5, 5.41) is 1.95. The number of esters is 1. The highest BCUT2D eigenvalue weighted by Crippen LogP contribution is 2.27. The SMILES string of the molecule is CCOC(=O)C(C)N(C(=O)n1ccnc1)C(C)c1cccs1. The highest BCUT2D eigenvalue weighted by atomic mass is 32.1. The molecule has 2 heterocycles. The van der Waals surface area contributed by atoms with Crippen LogP contribution in [0.1, 0.15) is 31.7 Å². The Labute approximate surface area is 133 Å². The zero-order valence-corrected chi connectivity index (χ0v) is 13.6. The molecule has 118 valence electrons. The summed E-state index contributed by atoms with van der Waals surface area (Å²) in [6.07, 6.45) is 4.52. The molecule has 22 heavy (non-hydrogen) atoms. The predicted octanol–water partition coefficient (Wildman–Crippen LogP) is 2.93. The summed E-state index contributed by atoms with van der Waals surface area (Å²) in [5.41, 5.74) is 0. The topological polar surface area (TPSA) is 64.4 Å². The Balaban J connectivity index is 2.31. The molecule has 0 radical (unpaired) electrons. The third-order valence-corrected chi connectivity index (χ3v) is 4.41. The number of thiophene rings is 1. The van der Waals surface area contributed by atoms with E-state index in [0.717, 1.165) is 4.88 Å². The molecule has 0 spiro atoms. The van der Waals surface area contributed by atoms with Gasteiger partial charge in [0.05, 0.1) is 12.6 Å². The van der Waals surface area contributed by atoms with E-state index in [-0.39, 0.29) is 18.7 Å². The Kier molecular flexibility index (Phi) is 5.32. The van der Waals surface area contributed by atoms with Gasteiger partial charge >= 0.3 is 12.0 Å². The number of hydrogen-bond donors (Lipinski definition) is 0. The quantitative estimate of drug-likeness (QED) is 0.794. The van der Waals surface area contributed by atoms with Crippen LogP contribution < -0.4 is 0 Å². The highest BCUT2D eigenvalue weighted by molar-refractivity contribution is 7.10.